The molecule has 19 heavy (non-hydrogen) atoms. The molecule has 0 saturated carbocycles. The van der Waals surface area contributed by atoms with Gasteiger partial charge in [0, 0.05) is 14.7 Å². The molecule has 1 heterocycles. The molecule has 4 nitrogen and oxygen atoms in total. The van der Waals surface area contributed by atoms with E-state index in [4.69, 9.17) is 16.7 Å². The van der Waals surface area contributed by atoms with Crippen molar-refractivity contribution in [3.05, 3.63) is 49.6 Å². The first-order valence-corrected chi connectivity index (χ1v) is 7.17. The molecule has 0 radical (unpaired) electrons. The van der Waals surface area contributed by atoms with Crippen molar-refractivity contribution in [3.8, 4) is 0 Å². The van der Waals surface area contributed by atoms with E-state index in [0.29, 0.717) is 10.7 Å². The maximum atomic E-state index is 10.8. The first kappa shape index (κ1) is 14.0. The third kappa shape index (κ3) is 3.79. The second kappa shape index (κ2) is 6.18. The highest BCUT2D eigenvalue weighted by Crippen LogP contribution is 2.23. The van der Waals surface area contributed by atoms with E-state index >= 15 is 0 Å². The fourth-order valence-electron chi connectivity index (χ4n) is 1.31. The van der Waals surface area contributed by atoms with Gasteiger partial charge in [-0.1, -0.05) is 11.6 Å². The molecule has 0 spiro atoms. The number of aromatic carboxylic acids is 1. The minimum Gasteiger partial charge on any atom is -0.478 e. The number of nitrogens with one attached hydrogen (secondary N) is 1. The van der Waals surface area contributed by atoms with Gasteiger partial charge in [-0.15, -0.1) is 11.3 Å². The van der Waals surface area contributed by atoms with Gasteiger partial charge in [0.2, 0.25) is 0 Å². The van der Waals surface area contributed by atoms with Gasteiger partial charge < -0.3 is 5.11 Å². The molecule has 0 unspecified atom stereocenters. The van der Waals surface area contributed by atoms with Crippen LogP contribution < -0.4 is 5.43 Å². The van der Waals surface area contributed by atoms with E-state index in [1.54, 1.807) is 6.21 Å². The van der Waals surface area contributed by atoms with Crippen LogP contribution in [0.5, 0.6) is 0 Å². The van der Waals surface area contributed by atoms with Gasteiger partial charge in [-0.05, 0) is 40.2 Å². The Morgan fingerprint density at radius 3 is 2.89 bits per heavy atom. The zero-order valence-corrected chi connectivity index (χ0v) is 12.6. The van der Waals surface area contributed by atoms with Gasteiger partial charge in [0.15, 0.2) is 0 Å². The minimum atomic E-state index is -1.01. The molecule has 1 aromatic heterocycles. The van der Waals surface area contributed by atoms with Crippen LogP contribution in [0, 0.1) is 0 Å². The van der Waals surface area contributed by atoms with Crippen molar-refractivity contribution in [2.45, 2.75) is 0 Å². The van der Waals surface area contributed by atoms with Crippen LogP contribution in [-0.4, -0.2) is 17.3 Å². The SMILES string of the molecule is O=C(O)c1ccc(Cl)c(N/N=C\c2cc(Br)cs2)c1. The lowest BCUT2D eigenvalue weighted by molar-refractivity contribution is 0.0697. The Morgan fingerprint density at radius 2 is 2.26 bits per heavy atom. The number of carbonyl (C=O) groups is 1. The highest BCUT2D eigenvalue weighted by atomic mass is 79.9. The van der Waals surface area contributed by atoms with Crippen LogP contribution in [0.15, 0.2) is 39.2 Å². The molecular formula is C12H8BrClN2O2S. The molecule has 0 bridgehead atoms. The van der Waals surface area contributed by atoms with Gasteiger partial charge in [0.25, 0.3) is 0 Å². The number of thiophene rings is 1. The first-order chi connectivity index (χ1) is 9.06. The van der Waals surface area contributed by atoms with Crippen molar-refractivity contribution in [1.82, 2.24) is 0 Å². The molecule has 0 saturated heterocycles. The maximum absolute atomic E-state index is 10.8. The number of hydrogen-bond donors (Lipinski definition) is 2. The summed E-state index contributed by atoms with van der Waals surface area (Å²) in [6.45, 7) is 0. The Hall–Kier alpha value is -1.37. The van der Waals surface area contributed by atoms with Gasteiger partial charge in [-0.2, -0.15) is 5.10 Å². The molecule has 2 rings (SSSR count). The van der Waals surface area contributed by atoms with Crippen LogP contribution in [0.25, 0.3) is 0 Å². The average molecular weight is 360 g/mol. The first-order valence-electron chi connectivity index (χ1n) is 5.12. The topological polar surface area (TPSA) is 61.7 Å². The summed E-state index contributed by atoms with van der Waals surface area (Å²) in [5.74, 6) is -1.01. The van der Waals surface area contributed by atoms with Gasteiger partial charge in [-0.25, -0.2) is 4.79 Å². The summed E-state index contributed by atoms with van der Waals surface area (Å²) >= 11 is 10.8. The highest BCUT2D eigenvalue weighted by Gasteiger charge is 2.06. The van der Waals surface area contributed by atoms with Gasteiger partial charge in [-0.3, -0.25) is 5.43 Å². The molecule has 0 amide bonds. The smallest absolute Gasteiger partial charge is 0.335 e. The van der Waals surface area contributed by atoms with Gasteiger partial charge in [0.05, 0.1) is 22.5 Å². The summed E-state index contributed by atoms with van der Waals surface area (Å²) in [6.07, 6.45) is 1.64. The summed E-state index contributed by atoms with van der Waals surface area (Å²) < 4.78 is 0.991. The van der Waals surface area contributed by atoms with E-state index in [1.165, 1.54) is 29.5 Å². The maximum Gasteiger partial charge on any atom is 0.335 e. The zero-order valence-electron chi connectivity index (χ0n) is 9.43. The Balaban J connectivity index is 2.12. The Bertz CT molecular complexity index is 642. The minimum absolute atomic E-state index is 0.154. The molecule has 0 aliphatic rings. The molecule has 0 fully saturated rings. The fourth-order valence-corrected chi connectivity index (χ4v) is 2.77. The summed E-state index contributed by atoms with van der Waals surface area (Å²) in [4.78, 5) is 11.8. The molecule has 0 aliphatic heterocycles. The number of anilines is 1. The number of halogens is 2. The predicted molar refractivity (Wildman–Crippen MR) is 81.6 cm³/mol. The lowest BCUT2D eigenvalue weighted by Crippen LogP contribution is -1.98. The molecular weight excluding hydrogens is 352 g/mol. The molecule has 2 aromatic rings. The number of benzene rings is 1. The van der Waals surface area contributed by atoms with E-state index < -0.39 is 5.97 Å². The van der Waals surface area contributed by atoms with Crippen LogP contribution in [-0.2, 0) is 0 Å². The Labute approximate surface area is 126 Å². The lowest BCUT2D eigenvalue weighted by atomic mass is 10.2. The second-order valence-corrected chi connectivity index (χ2v) is 5.80. The normalized spacial score (nSPS) is 10.8. The van der Waals surface area contributed by atoms with Gasteiger partial charge in [0.1, 0.15) is 0 Å². The quantitative estimate of drug-likeness (QED) is 0.631. The standard InChI is InChI=1S/C12H8BrClN2O2S/c13-8-4-9(19-6-8)5-15-16-11-3-7(12(17)18)1-2-10(11)14/h1-6,16H,(H,17,18)/b15-5-. The monoisotopic (exact) mass is 358 g/mol. The molecule has 0 aliphatic carbocycles. The van der Waals surface area contributed by atoms with E-state index in [2.05, 4.69) is 26.5 Å². The summed E-state index contributed by atoms with van der Waals surface area (Å²) in [5, 5.41) is 15.3. The van der Waals surface area contributed by atoms with E-state index in [1.807, 2.05) is 11.4 Å². The molecule has 98 valence electrons. The third-order valence-electron chi connectivity index (χ3n) is 2.18. The molecule has 0 atom stereocenters. The second-order valence-electron chi connectivity index (χ2n) is 3.54. The Morgan fingerprint density at radius 1 is 1.47 bits per heavy atom. The third-order valence-corrected chi connectivity index (χ3v) is 4.14. The van der Waals surface area contributed by atoms with Crippen LogP contribution in [0.1, 0.15) is 15.2 Å². The largest absolute Gasteiger partial charge is 0.478 e. The summed E-state index contributed by atoms with van der Waals surface area (Å²) in [6, 6.07) is 6.32. The summed E-state index contributed by atoms with van der Waals surface area (Å²) in [5.41, 5.74) is 3.34. The molecule has 1 aromatic carbocycles. The van der Waals surface area contributed by atoms with Crippen LogP contribution in [0.3, 0.4) is 0 Å². The van der Waals surface area contributed by atoms with Crippen LogP contribution in [0.2, 0.25) is 5.02 Å². The molecule has 7 heteroatoms. The number of rotatable bonds is 4. The number of carboxylic acid groups (broad SMARTS) is 1. The molecule has 2 N–H and O–H groups in total. The predicted octanol–water partition coefficient (Wildman–Crippen LogP) is 4.31. The fraction of sp³-hybridized carbons (Fsp3) is 0. The highest BCUT2D eigenvalue weighted by molar-refractivity contribution is 9.10. The average Bonchev–Trinajstić information content (AvgIpc) is 2.77. The lowest BCUT2D eigenvalue weighted by Gasteiger charge is -2.04. The van der Waals surface area contributed by atoms with E-state index in [0.717, 1.165) is 9.35 Å². The van der Waals surface area contributed by atoms with Crippen LogP contribution >= 0.6 is 38.9 Å². The van der Waals surface area contributed by atoms with Crippen molar-refractivity contribution >= 4 is 56.7 Å². The van der Waals surface area contributed by atoms with Crippen LogP contribution in [0.4, 0.5) is 5.69 Å². The van der Waals surface area contributed by atoms with E-state index in [-0.39, 0.29) is 5.56 Å². The number of hydrazone groups is 1. The zero-order chi connectivity index (χ0) is 13.8. The Kier molecular flexibility index (Phi) is 4.57. The van der Waals surface area contributed by atoms with Gasteiger partial charge >= 0.3 is 5.97 Å². The van der Waals surface area contributed by atoms with E-state index in [9.17, 15) is 4.79 Å². The van der Waals surface area contributed by atoms with Crippen molar-refractivity contribution in [2.24, 2.45) is 5.10 Å². The number of nitrogens with zero attached hydrogens (tertiary/aromatic N) is 1. The van der Waals surface area contributed by atoms with Crippen molar-refractivity contribution in [3.63, 3.8) is 0 Å². The van der Waals surface area contributed by atoms with Crippen molar-refractivity contribution in [1.29, 1.82) is 0 Å². The number of hydrogen-bond acceptors (Lipinski definition) is 4. The number of carboxylic acids is 1. The summed E-state index contributed by atoms with van der Waals surface area (Å²) in [7, 11) is 0. The van der Waals surface area contributed by atoms with Crippen molar-refractivity contribution < 1.29 is 9.90 Å². The van der Waals surface area contributed by atoms with Crippen molar-refractivity contribution in [2.75, 3.05) is 5.43 Å².